The zero-order valence-electron chi connectivity index (χ0n) is 17.3. The van der Waals surface area contributed by atoms with E-state index in [0.717, 1.165) is 0 Å². The van der Waals surface area contributed by atoms with Gasteiger partial charge >= 0.3 is 5.97 Å². The number of nitrogens with one attached hydrogen (secondary N) is 2. The Bertz CT molecular complexity index is 998. The minimum absolute atomic E-state index is 0.293. The number of halogens is 2. The van der Waals surface area contributed by atoms with Crippen LogP contribution in [0.1, 0.15) is 18.9 Å². The lowest BCUT2D eigenvalue weighted by atomic mass is 10.2. The van der Waals surface area contributed by atoms with Crippen molar-refractivity contribution in [2.24, 2.45) is 5.10 Å². The molecule has 0 aliphatic rings. The normalized spacial score (nSPS) is 10.5. The zero-order chi connectivity index (χ0) is 23.5. The molecule has 170 valence electrons. The molecule has 0 radical (unpaired) electrons. The maximum atomic E-state index is 12.9. The summed E-state index contributed by atoms with van der Waals surface area (Å²) in [5.41, 5.74) is 3.18. The van der Waals surface area contributed by atoms with Gasteiger partial charge < -0.3 is 19.5 Å². The molecule has 0 heterocycles. The van der Waals surface area contributed by atoms with Crippen molar-refractivity contribution < 1.29 is 33.0 Å². The first kappa shape index (κ1) is 24.8. The van der Waals surface area contributed by atoms with Crippen LogP contribution in [-0.2, 0) is 19.1 Å². The molecule has 0 spiro atoms. The lowest BCUT2D eigenvalue weighted by Gasteiger charge is -2.13. The highest BCUT2D eigenvalue weighted by Crippen LogP contribution is 2.36. The molecule has 0 aliphatic carbocycles. The number of anilines is 1. The Hall–Kier alpha value is -3.47. The summed E-state index contributed by atoms with van der Waals surface area (Å²) in [5, 5.41) is 6.31. The largest absolute Gasteiger partial charge is 0.490 e. The van der Waals surface area contributed by atoms with Gasteiger partial charge in [-0.15, -0.1) is 0 Å². The van der Waals surface area contributed by atoms with Gasteiger partial charge in [0.1, 0.15) is 12.2 Å². The number of carbonyl (C=O) groups is 3. The van der Waals surface area contributed by atoms with Crippen LogP contribution in [0.3, 0.4) is 0 Å². The fraction of sp³-hybridized carbons (Fsp3) is 0.238. The molecule has 0 atom stereocenters. The minimum Gasteiger partial charge on any atom is -0.490 e. The van der Waals surface area contributed by atoms with E-state index in [2.05, 4.69) is 36.5 Å². The maximum absolute atomic E-state index is 12.9. The van der Waals surface area contributed by atoms with Gasteiger partial charge in [0, 0.05) is 5.69 Å². The average molecular weight is 510 g/mol. The molecule has 9 nitrogen and oxygen atoms in total. The van der Waals surface area contributed by atoms with E-state index in [1.165, 1.54) is 37.6 Å². The molecule has 0 aromatic heterocycles. The standard InChI is InChI=1S/C21H21BrFN3O6/c1-3-31-17-9-13(8-16(22)21(17)32-12-20(29)30-2)11-24-26-19(28)10-18(27)25-15-6-4-14(23)5-7-15/h4-9,11H,3,10,12H2,1-2H3,(H,25,27)(H,26,28). The highest BCUT2D eigenvalue weighted by atomic mass is 79.9. The molecule has 0 unspecified atom stereocenters. The number of amides is 2. The molecule has 2 aromatic rings. The summed E-state index contributed by atoms with van der Waals surface area (Å²) in [7, 11) is 1.25. The maximum Gasteiger partial charge on any atom is 0.343 e. The molecule has 2 N–H and O–H groups in total. The van der Waals surface area contributed by atoms with Crippen LogP contribution in [0.5, 0.6) is 11.5 Å². The van der Waals surface area contributed by atoms with Crippen LogP contribution in [0.15, 0.2) is 46.0 Å². The second kappa shape index (κ2) is 12.4. The van der Waals surface area contributed by atoms with E-state index in [1.54, 1.807) is 19.1 Å². The fourth-order valence-electron chi connectivity index (χ4n) is 2.36. The van der Waals surface area contributed by atoms with E-state index in [-0.39, 0.29) is 6.61 Å². The Labute approximate surface area is 192 Å². The van der Waals surface area contributed by atoms with Crippen molar-refractivity contribution in [1.29, 1.82) is 0 Å². The van der Waals surface area contributed by atoms with E-state index >= 15 is 0 Å². The second-order valence-corrected chi connectivity index (χ2v) is 7.01. The van der Waals surface area contributed by atoms with E-state index in [9.17, 15) is 18.8 Å². The summed E-state index contributed by atoms with van der Waals surface area (Å²) in [6.45, 7) is 1.84. The van der Waals surface area contributed by atoms with Gasteiger partial charge in [-0.25, -0.2) is 14.6 Å². The van der Waals surface area contributed by atoms with Crippen LogP contribution in [0.4, 0.5) is 10.1 Å². The lowest BCUT2D eigenvalue weighted by molar-refractivity contribution is -0.143. The number of rotatable bonds is 10. The average Bonchev–Trinajstić information content (AvgIpc) is 2.74. The molecule has 0 aliphatic heterocycles. The van der Waals surface area contributed by atoms with Crippen LogP contribution in [0.2, 0.25) is 0 Å². The Balaban J connectivity index is 1.96. The van der Waals surface area contributed by atoms with Gasteiger partial charge in [-0.05, 0) is 64.8 Å². The summed E-state index contributed by atoms with van der Waals surface area (Å²) in [5.74, 6) is -1.51. The molecular formula is C21H21BrFN3O6. The lowest BCUT2D eigenvalue weighted by Crippen LogP contribution is -2.24. The Morgan fingerprint density at radius 2 is 1.84 bits per heavy atom. The molecule has 2 amide bonds. The first-order chi connectivity index (χ1) is 15.3. The number of hydrogen-bond donors (Lipinski definition) is 2. The van der Waals surface area contributed by atoms with E-state index in [1.807, 2.05) is 0 Å². The third-order valence-corrected chi connectivity index (χ3v) is 4.33. The highest BCUT2D eigenvalue weighted by Gasteiger charge is 2.14. The number of methoxy groups -OCH3 is 1. The Morgan fingerprint density at radius 1 is 1.12 bits per heavy atom. The van der Waals surface area contributed by atoms with Crippen LogP contribution in [0, 0.1) is 5.82 Å². The van der Waals surface area contributed by atoms with Crippen molar-refractivity contribution in [1.82, 2.24) is 5.43 Å². The molecule has 2 rings (SSSR count). The monoisotopic (exact) mass is 509 g/mol. The number of esters is 1. The number of carbonyl (C=O) groups excluding carboxylic acids is 3. The number of ether oxygens (including phenoxy) is 3. The Morgan fingerprint density at radius 3 is 2.50 bits per heavy atom. The second-order valence-electron chi connectivity index (χ2n) is 6.15. The molecule has 0 saturated heterocycles. The topological polar surface area (TPSA) is 115 Å². The van der Waals surface area contributed by atoms with Gasteiger partial charge in [0.25, 0.3) is 0 Å². The third kappa shape index (κ3) is 7.99. The number of nitrogens with zero attached hydrogens (tertiary/aromatic N) is 1. The summed E-state index contributed by atoms with van der Waals surface area (Å²) in [6, 6.07) is 8.41. The molecular weight excluding hydrogens is 489 g/mol. The van der Waals surface area contributed by atoms with Crippen LogP contribution < -0.4 is 20.2 Å². The highest BCUT2D eigenvalue weighted by molar-refractivity contribution is 9.10. The summed E-state index contributed by atoms with van der Waals surface area (Å²) in [4.78, 5) is 35.1. The number of hydrazone groups is 1. The summed E-state index contributed by atoms with van der Waals surface area (Å²) >= 11 is 3.35. The molecule has 11 heteroatoms. The quantitative estimate of drug-likeness (QED) is 0.220. The van der Waals surface area contributed by atoms with Crippen molar-refractivity contribution in [3.05, 3.63) is 52.3 Å². The van der Waals surface area contributed by atoms with E-state index in [4.69, 9.17) is 9.47 Å². The van der Waals surface area contributed by atoms with Gasteiger partial charge in [0.2, 0.25) is 11.8 Å². The number of benzene rings is 2. The molecule has 0 saturated carbocycles. The van der Waals surface area contributed by atoms with Crippen molar-refractivity contribution in [3.8, 4) is 11.5 Å². The van der Waals surface area contributed by atoms with Gasteiger partial charge in [-0.3, -0.25) is 9.59 Å². The van der Waals surface area contributed by atoms with Gasteiger partial charge in [0.05, 0.1) is 24.4 Å². The summed E-state index contributed by atoms with van der Waals surface area (Å²) < 4.78 is 28.9. The zero-order valence-corrected chi connectivity index (χ0v) is 18.9. The predicted molar refractivity (Wildman–Crippen MR) is 118 cm³/mol. The van der Waals surface area contributed by atoms with Crippen LogP contribution >= 0.6 is 15.9 Å². The van der Waals surface area contributed by atoms with Gasteiger partial charge in [0.15, 0.2) is 18.1 Å². The van der Waals surface area contributed by atoms with Crippen molar-refractivity contribution in [3.63, 3.8) is 0 Å². The third-order valence-electron chi connectivity index (χ3n) is 3.75. The van der Waals surface area contributed by atoms with Crippen molar-refractivity contribution >= 4 is 45.6 Å². The fourth-order valence-corrected chi connectivity index (χ4v) is 2.93. The van der Waals surface area contributed by atoms with Crippen molar-refractivity contribution in [2.45, 2.75) is 13.3 Å². The predicted octanol–water partition coefficient (Wildman–Crippen LogP) is 3.02. The first-order valence-electron chi connectivity index (χ1n) is 9.35. The number of hydrogen-bond acceptors (Lipinski definition) is 7. The molecule has 2 aromatic carbocycles. The van der Waals surface area contributed by atoms with E-state index in [0.29, 0.717) is 33.8 Å². The molecule has 0 fully saturated rings. The van der Waals surface area contributed by atoms with Crippen molar-refractivity contribution in [2.75, 3.05) is 25.6 Å². The SMILES string of the molecule is CCOc1cc(C=NNC(=O)CC(=O)Nc2ccc(F)cc2)cc(Br)c1OCC(=O)OC. The van der Waals surface area contributed by atoms with Gasteiger partial charge in [-0.2, -0.15) is 5.10 Å². The molecule has 32 heavy (non-hydrogen) atoms. The smallest absolute Gasteiger partial charge is 0.343 e. The van der Waals surface area contributed by atoms with Crippen LogP contribution in [-0.4, -0.2) is 44.3 Å². The van der Waals surface area contributed by atoms with Crippen LogP contribution in [0.25, 0.3) is 0 Å². The van der Waals surface area contributed by atoms with E-state index < -0.39 is 30.0 Å². The molecule has 0 bridgehead atoms. The Kier molecular flexibility index (Phi) is 9.61. The first-order valence-corrected chi connectivity index (χ1v) is 10.1. The van der Waals surface area contributed by atoms with Gasteiger partial charge in [-0.1, -0.05) is 0 Å². The summed E-state index contributed by atoms with van der Waals surface area (Å²) in [6.07, 6.45) is 0.885. The minimum atomic E-state index is -0.636.